The van der Waals surface area contributed by atoms with Gasteiger partial charge in [-0.2, -0.15) is 0 Å². The van der Waals surface area contributed by atoms with E-state index in [4.69, 9.17) is 9.47 Å². The molecule has 0 aliphatic carbocycles. The van der Waals surface area contributed by atoms with E-state index in [0.29, 0.717) is 37.7 Å². The molecule has 0 heterocycles. The van der Waals surface area contributed by atoms with Crippen molar-refractivity contribution in [3.63, 3.8) is 0 Å². The van der Waals surface area contributed by atoms with E-state index in [9.17, 15) is 9.59 Å². The number of rotatable bonds is 16. The molecular weight excluding hydrogens is 408 g/mol. The molecule has 32 heavy (non-hydrogen) atoms. The van der Waals surface area contributed by atoms with Crippen LogP contribution >= 0.6 is 0 Å². The summed E-state index contributed by atoms with van der Waals surface area (Å²) in [4.78, 5) is 28.2. The van der Waals surface area contributed by atoms with Gasteiger partial charge < -0.3 is 19.3 Å². The Balaban J connectivity index is 2.22. The van der Waals surface area contributed by atoms with E-state index in [-0.39, 0.29) is 0 Å². The van der Waals surface area contributed by atoms with E-state index in [0.717, 1.165) is 25.9 Å². The fourth-order valence-electron chi connectivity index (χ4n) is 3.02. The average molecular weight is 451 g/mol. The summed E-state index contributed by atoms with van der Waals surface area (Å²) < 4.78 is 10.5. The molecule has 0 aliphatic rings. The highest BCUT2D eigenvalue weighted by Gasteiger charge is 2.07. The second kappa shape index (κ2) is 17.3. The van der Waals surface area contributed by atoms with Crippen LogP contribution in [0.4, 0.5) is 21.0 Å². The molecule has 0 saturated heterocycles. The quantitative estimate of drug-likeness (QED) is 0.344. The van der Waals surface area contributed by atoms with Crippen LogP contribution in [0.1, 0.15) is 52.4 Å². The van der Waals surface area contributed by atoms with Gasteiger partial charge in [-0.3, -0.25) is 10.6 Å². The third kappa shape index (κ3) is 13.9. The summed E-state index contributed by atoms with van der Waals surface area (Å²) >= 11 is 0. The molecule has 0 spiro atoms. The number of carbonyl (C=O) groups excluding carboxylic acids is 2. The molecule has 0 aromatic heterocycles. The first kappa shape index (κ1) is 27.7. The van der Waals surface area contributed by atoms with Crippen LogP contribution in [0.2, 0.25) is 0 Å². The van der Waals surface area contributed by atoms with Crippen molar-refractivity contribution in [2.45, 2.75) is 52.4 Å². The van der Waals surface area contributed by atoms with E-state index >= 15 is 0 Å². The van der Waals surface area contributed by atoms with Crippen molar-refractivity contribution < 1.29 is 19.1 Å². The minimum absolute atomic E-state index is 0.341. The molecule has 0 atom stereocenters. The highest BCUT2D eigenvalue weighted by Crippen LogP contribution is 2.14. The highest BCUT2D eigenvalue weighted by atomic mass is 16.6. The molecule has 8 heteroatoms. The van der Waals surface area contributed by atoms with Crippen molar-refractivity contribution in [3.8, 4) is 0 Å². The predicted molar refractivity (Wildman–Crippen MR) is 130 cm³/mol. The number of unbranched alkanes of at least 4 members (excludes halogenated alkanes) is 4. The van der Waals surface area contributed by atoms with E-state index in [1.165, 1.54) is 25.7 Å². The van der Waals surface area contributed by atoms with Crippen LogP contribution in [-0.2, 0) is 9.47 Å². The summed E-state index contributed by atoms with van der Waals surface area (Å²) in [7, 11) is 4.05. The Morgan fingerprint density at radius 1 is 0.688 bits per heavy atom. The lowest BCUT2D eigenvalue weighted by molar-refractivity contribution is 0.145. The number of hydrogen-bond acceptors (Lipinski definition) is 6. The number of benzene rings is 1. The zero-order valence-corrected chi connectivity index (χ0v) is 20.3. The number of anilines is 2. The molecule has 2 amide bonds. The van der Waals surface area contributed by atoms with Gasteiger partial charge in [0.2, 0.25) is 0 Å². The van der Waals surface area contributed by atoms with Gasteiger partial charge in [-0.1, -0.05) is 39.5 Å². The van der Waals surface area contributed by atoms with Gasteiger partial charge in [0, 0.05) is 24.5 Å². The molecule has 1 rings (SSSR count). The smallest absolute Gasteiger partial charge is 0.411 e. The average Bonchev–Trinajstić information content (AvgIpc) is 2.75. The number of ether oxygens (including phenoxy) is 2. The fraction of sp³-hybridized carbons (Fsp3) is 0.667. The first-order valence-corrected chi connectivity index (χ1v) is 11.8. The zero-order valence-electron chi connectivity index (χ0n) is 20.3. The molecule has 8 nitrogen and oxygen atoms in total. The second-order valence-electron chi connectivity index (χ2n) is 8.12. The minimum atomic E-state index is -0.491. The van der Waals surface area contributed by atoms with E-state index < -0.39 is 12.2 Å². The summed E-state index contributed by atoms with van der Waals surface area (Å²) in [5.41, 5.74) is 1.19. The predicted octanol–water partition coefficient (Wildman–Crippen LogP) is 5.03. The summed E-state index contributed by atoms with van der Waals surface area (Å²) in [5, 5.41) is 5.37. The number of nitrogens with one attached hydrogen (secondary N) is 2. The molecule has 182 valence electrons. The molecule has 1 aromatic carbocycles. The molecule has 2 N–H and O–H groups in total. The van der Waals surface area contributed by atoms with E-state index in [2.05, 4.69) is 34.3 Å². The first-order valence-electron chi connectivity index (χ1n) is 11.8. The Morgan fingerprint density at radius 2 is 1.06 bits per heavy atom. The third-order valence-corrected chi connectivity index (χ3v) is 5.08. The van der Waals surface area contributed by atoms with Crippen LogP contribution in [0.3, 0.4) is 0 Å². The maximum Gasteiger partial charge on any atom is 0.411 e. The van der Waals surface area contributed by atoms with Gasteiger partial charge in [0.05, 0.1) is 0 Å². The van der Waals surface area contributed by atoms with E-state index in [1.807, 2.05) is 14.1 Å². The fourth-order valence-corrected chi connectivity index (χ4v) is 3.02. The lowest BCUT2D eigenvalue weighted by Gasteiger charge is -2.16. The van der Waals surface area contributed by atoms with Crippen molar-refractivity contribution in [2.75, 3.05) is 64.1 Å². The monoisotopic (exact) mass is 450 g/mol. The van der Waals surface area contributed by atoms with Crippen molar-refractivity contribution in [1.82, 2.24) is 9.80 Å². The topological polar surface area (TPSA) is 83.1 Å². The second-order valence-corrected chi connectivity index (χ2v) is 8.12. The van der Waals surface area contributed by atoms with Crippen LogP contribution in [0, 0.1) is 0 Å². The van der Waals surface area contributed by atoms with Gasteiger partial charge in [-0.25, -0.2) is 9.59 Å². The SMILES string of the molecule is CCCCCN(C)CCOC(=O)Nc1ccc(NC(=O)OCCN(C)CCCCC)cc1. The molecule has 0 saturated carbocycles. The Bertz CT molecular complexity index is 584. The molecular formula is C24H42N4O4. The van der Waals surface area contributed by atoms with Gasteiger partial charge in [0.15, 0.2) is 0 Å². The molecule has 1 aromatic rings. The summed E-state index contributed by atoms with van der Waals surface area (Å²) in [6, 6.07) is 6.81. The number of hydrogen-bond donors (Lipinski definition) is 2. The molecule has 0 fully saturated rings. The van der Waals surface area contributed by atoms with Crippen LogP contribution in [0.25, 0.3) is 0 Å². The Labute approximate surface area is 193 Å². The Kier molecular flexibility index (Phi) is 14.9. The summed E-state index contributed by atoms with van der Waals surface area (Å²) in [6.07, 6.45) is 6.14. The molecule has 0 bridgehead atoms. The largest absolute Gasteiger partial charge is 0.448 e. The molecule has 0 unspecified atom stereocenters. The van der Waals surface area contributed by atoms with Gasteiger partial charge in [0.25, 0.3) is 0 Å². The summed E-state index contributed by atoms with van der Waals surface area (Å²) in [5.74, 6) is 0. The van der Waals surface area contributed by atoms with E-state index in [1.54, 1.807) is 24.3 Å². The van der Waals surface area contributed by atoms with Crippen LogP contribution in [0.15, 0.2) is 24.3 Å². The van der Waals surface area contributed by atoms with Crippen molar-refractivity contribution >= 4 is 23.6 Å². The molecule has 0 aliphatic heterocycles. The molecule has 0 radical (unpaired) electrons. The normalized spacial score (nSPS) is 10.9. The first-order chi connectivity index (χ1) is 15.4. The summed E-state index contributed by atoms with van der Waals surface area (Å²) in [6.45, 7) is 8.46. The third-order valence-electron chi connectivity index (χ3n) is 5.08. The Hall–Kier alpha value is -2.32. The number of nitrogens with zero attached hydrogens (tertiary/aromatic N) is 2. The lowest BCUT2D eigenvalue weighted by atomic mass is 10.2. The van der Waals surface area contributed by atoms with Gasteiger partial charge in [0.1, 0.15) is 13.2 Å². The standard InChI is InChI=1S/C24H42N4O4/c1-5-7-9-15-27(3)17-19-31-23(29)25-21-11-13-22(14-12-21)26-24(30)32-20-18-28(4)16-10-8-6-2/h11-14H,5-10,15-20H2,1-4H3,(H,25,29)(H,26,30). The maximum absolute atomic E-state index is 11.9. The minimum Gasteiger partial charge on any atom is -0.448 e. The number of carbonyl (C=O) groups is 2. The van der Waals surface area contributed by atoms with Crippen LogP contribution in [0.5, 0.6) is 0 Å². The van der Waals surface area contributed by atoms with Crippen molar-refractivity contribution in [2.24, 2.45) is 0 Å². The highest BCUT2D eigenvalue weighted by molar-refractivity contribution is 5.87. The van der Waals surface area contributed by atoms with Gasteiger partial charge in [-0.15, -0.1) is 0 Å². The Morgan fingerprint density at radius 3 is 1.41 bits per heavy atom. The zero-order chi connectivity index (χ0) is 23.6. The van der Waals surface area contributed by atoms with Crippen molar-refractivity contribution in [3.05, 3.63) is 24.3 Å². The number of amides is 2. The lowest BCUT2D eigenvalue weighted by Crippen LogP contribution is -2.26. The van der Waals surface area contributed by atoms with Crippen LogP contribution < -0.4 is 10.6 Å². The van der Waals surface area contributed by atoms with Crippen LogP contribution in [-0.4, -0.2) is 75.5 Å². The number of likely N-dealkylation sites (N-methyl/N-ethyl adjacent to an activating group) is 2. The van der Waals surface area contributed by atoms with Gasteiger partial charge >= 0.3 is 12.2 Å². The van der Waals surface area contributed by atoms with Crippen molar-refractivity contribution in [1.29, 1.82) is 0 Å². The maximum atomic E-state index is 11.9. The van der Waals surface area contributed by atoms with Gasteiger partial charge in [-0.05, 0) is 64.3 Å².